The lowest BCUT2D eigenvalue weighted by molar-refractivity contribution is 0.386. The molecule has 0 spiro atoms. The van der Waals surface area contributed by atoms with Crippen LogP contribution in [-0.4, -0.2) is 29.2 Å². The van der Waals surface area contributed by atoms with Crippen molar-refractivity contribution < 1.29 is 4.52 Å². The minimum absolute atomic E-state index is 0.387. The Hall–Kier alpha value is -1.59. The first kappa shape index (κ1) is 12.5. The summed E-state index contributed by atoms with van der Waals surface area (Å²) in [5, 5.41) is 10.2. The minimum Gasteiger partial charge on any atom is -0.354 e. The van der Waals surface area contributed by atoms with Crippen molar-refractivity contribution in [2.45, 2.75) is 39.8 Å². The highest BCUT2D eigenvalue weighted by Crippen LogP contribution is 1.94. The molecule has 1 aromatic rings. The molecule has 0 amide bonds. The van der Waals surface area contributed by atoms with Gasteiger partial charge in [0.2, 0.25) is 5.89 Å². The largest absolute Gasteiger partial charge is 0.354 e. The standard InChI is InChI=1S/C10H19N5O/c1-5-7(2)13-10(11-4)12-6-9-14-8(3)16-15-9/h7H,5-6H2,1-4H3,(H2,11,12,13). The maximum Gasteiger partial charge on any atom is 0.223 e. The van der Waals surface area contributed by atoms with Crippen molar-refractivity contribution in [1.29, 1.82) is 0 Å². The fourth-order valence-corrected chi connectivity index (χ4v) is 1.11. The first-order valence-corrected chi connectivity index (χ1v) is 5.42. The third-order valence-electron chi connectivity index (χ3n) is 2.20. The molecule has 0 aliphatic heterocycles. The van der Waals surface area contributed by atoms with Crippen LogP contribution in [0.5, 0.6) is 0 Å². The summed E-state index contributed by atoms with van der Waals surface area (Å²) >= 11 is 0. The summed E-state index contributed by atoms with van der Waals surface area (Å²) in [6.45, 7) is 6.50. The van der Waals surface area contributed by atoms with Gasteiger partial charge >= 0.3 is 0 Å². The predicted octanol–water partition coefficient (Wildman–Crippen LogP) is 0.842. The van der Waals surface area contributed by atoms with E-state index in [-0.39, 0.29) is 0 Å². The maximum atomic E-state index is 4.87. The Morgan fingerprint density at radius 1 is 1.56 bits per heavy atom. The molecule has 1 aromatic heterocycles. The first-order chi connectivity index (χ1) is 7.65. The molecule has 0 saturated carbocycles. The molecule has 0 fully saturated rings. The second kappa shape index (κ2) is 6.09. The van der Waals surface area contributed by atoms with Crippen LogP contribution in [0.25, 0.3) is 0 Å². The van der Waals surface area contributed by atoms with Crippen molar-refractivity contribution in [1.82, 2.24) is 20.8 Å². The van der Waals surface area contributed by atoms with Gasteiger partial charge in [-0.25, -0.2) is 0 Å². The van der Waals surface area contributed by atoms with Crippen LogP contribution in [0.3, 0.4) is 0 Å². The molecule has 16 heavy (non-hydrogen) atoms. The van der Waals surface area contributed by atoms with Gasteiger partial charge in [-0.15, -0.1) is 0 Å². The lowest BCUT2D eigenvalue weighted by Gasteiger charge is -2.15. The smallest absolute Gasteiger partial charge is 0.223 e. The monoisotopic (exact) mass is 225 g/mol. The van der Waals surface area contributed by atoms with Gasteiger partial charge in [0.15, 0.2) is 11.8 Å². The van der Waals surface area contributed by atoms with E-state index in [1.807, 2.05) is 0 Å². The van der Waals surface area contributed by atoms with Gasteiger partial charge in [0.25, 0.3) is 0 Å². The highest BCUT2D eigenvalue weighted by molar-refractivity contribution is 5.79. The van der Waals surface area contributed by atoms with Gasteiger partial charge in [-0.05, 0) is 13.3 Å². The lowest BCUT2D eigenvalue weighted by atomic mass is 10.3. The molecule has 6 heteroatoms. The maximum absolute atomic E-state index is 4.87. The van der Waals surface area contributed by atoms with E-state index in [1.54, 1.807) is 14.0 Å². The number of guanidine groups is 1. The summed E-state index contributed by atoms with van der Waals surface area (Å²) in [6, 6.07) is 0.387. The van der Waals surface area contributed by atoms with Crippen LogP contribution in [0.2, 0.25) is 0 Å². The van der Waals surface area contributed by atoms with E-state index >= 15 is 0 Å². The van der Waals surface area contributed by atoms with Crippen LogP contribution in [0, 0.1) is 6.92 Å². The lowest BCUT2D eigenvalue weighted by Crippen LogP contribution is -2.41. The summed E-state index contributed by atoms with van der Waals surface area (Å²) in [7, 11) is 1.74. The van der Waals surface area contributed by atoms with Crippen molar-refractivity contribution >= 4 is 5.96 Å². The Balaban J connectivity index is 2.40. The molecule has 0 aliphatic carbocycles. The zero-order valence-corrected chi connectivity index (χ0v) is 10.2. The molecule has 1 unspecified atom stereocenters. The van der Waals surface area contributed by atoms with E-state index < -0.39 is 0 Å². The van der Waals surface area contributed by atoms with Crippen LogP contribution >= 0.6 is 0 Å². The SMILES string of the molecule is CCC(C)NC(=NC)NCc1noc(C)n1. The zero-order valence-electron chi connectivity index (χ0n) is 10.2. The average Bonchev–Trinajstić information content (AvgIpc) is 2.69. The van der Waals surface area contributed by atoms with Crippen molar-refractivity contribution in [2.24, 2.45) is 4.99 Å². The van der Waals surface area contributed by atoms with E-state index in [2.05, 4.69) is 39.6 Å². The number of rotatable bonds is 4. The quantitative estimate of drug-likeness (QED) is 0.586. The molecular formula is C10H19N5O. The molecule has 0 radical (unpaired) electrons. The molecule has 2 N–H and O–H groups in total. The molecule has 6 nitrogen and oxygen atoms in total. The van der Waals surface area contributed by atoms with E-state index in [1.165, 1.54) is 0 Å². The normalized spacial score (nSPS) is 13.6. The Morgan fingerprint density at radius 3 is 2.81 bits per heavy atom. The Labute approximate surface area is 95.5 Å². The fraction of sp³-hybridized carbons (Fsp3) is 0.700. The Kier molecular flexibility index (Phi) is 4.75. The third-order valence-corrected chi connectivity index (χ3v) is 2.20. The predicted molar refractivity (Wildman–Crippen MR) is 62.1 cm³/mol. The number of nitrogens with zero attached hydrogens (tertiary/aromatic N) is 3. The second-order valence-corrected chi connectivity index (χ2v) is 3.61. The molecule has 0 bridgehead atoms. The second-order valence-electron chi connectivity index (χ2n) is 3.61. The van der Waals surface area contributed by atoms with Crippen molar-refractivity contribution in [3.8, 4) is 0 Å². The number of aryl methyl sites for hydroxylation is 1. The van der Waals surface area contributed by atoms with Crippen LogP contribution in [0.1, 0.15) is 32.0 Å². The molecular weight excluding hydrogens is 206 g/mol. The summed E-state index contributed by atoms with van der Waals surface area (Å²) in [5.74, 6) is 1.95. The van der Waals surface area contributed by atoms with Crippen LogP contribution in [-0.2, 0) is 6.54 Å². The molecule has 0 saturated heterocycles. The molecule has 1 atom stereocenters. The van der Waals surface area contributed by atoms with Crippen molar-refractivity contribution in [2.75, 3.05) is 7.05 Å². The summed E-state index contributed by atoms with van der Waals surface area (Å²) in [4.78, 5) is 8.20. The Morgan fingerprint density at radius 2 is 2.31 bits per heavy atom. The van der Waals surface area contributed by atoms with Gasteiger partial charge in [-0.1, -0.05) is 12.1 Å². The third kappa shape index (κ3) is 3.88. The van der Waals surface area contributed by atoms with Gasteiger partial charge in [0, 0.05) is 20.0 Å². The zero-order chi connectivity index (χ0) is 12.0. The summed E-state index contributed by atoms with van der Waals surface area (Å²) < 4.78 is 4.87. The van der Waals surface area contributed by atoms with Gasteiger partial charge in [-0.3, -0.25) is 4.99 Å². The summed E-state index contributed by atoms with van der Waals surface area (Å²) in [5.41, 5.74) is 0. The van der Waals surface area contributed by atoms with Gasteiger partial charge in [0.1, 0.15) is 0 Å². The molecule has 0 aromatic carbocycles. The number of hydrogen-bond acceptors (Lipinski definition) is 4. The highest BCUT2D eigenvalue weighted by atomic mass is 16.5. The summed E-state index contributed by atoms with van der Waals surface area (Å²) in [6.07, 6.45) is 1.04. The fourth-order valence-electron chi connectivity index (χ4n) is 1.11. The number of hydrogen-bond donors (Lipinski definition) is 2. The topological polar surface area (TPSA) is 75.3 Å². The molecule has 1 heterocycles. The minimum atomic E-state index is 0.387. The van der Waals surface area contributed by atoms with Gasteiger partial charge in [-0.2, -0.15) is 4.98 Å². The Bertz CT molecular complexity index is 347. The van der Waals surface area contributed by atoms with Crippen LogP contribution < -0.4 is 10.6 Å². The van der Waals surface area contributed by atoms with E-state index in [4.69, 9.17) is 4.52 Å². The number of nitrogens with one attached hydrogen (secondary N) is 2. The van der Waals surface area contributed by atoms with Gasteiger partial charge in [0.05, 0.1) is 6.54 Å². The van der Waals surface area contributed by atoms with Crippen LogP contribution in [0.15, 0.2) is 9.52 Å². The van der Waals surface area contributed by atoms with Crippen molar-refractivity contribution in [3.63, 3.8) is 0 Å². The highest BCUT2D eigenvalue weighted by Gasteiger charge is 2.05. The molecule has 0 aliphatic rings. The number of aliphatic imine (C=N–C) groups is 1. The van der Waals surface area contributed by atoms with E-state index in [0.717, 1.165) is 12.4 Å². The molecule has 90 valence electrons. The van der Waals surface area contributed by atoms with Crippen LogP contribution in [0.4, 0.5) is 0 Å². The first-order valence-electron chi connectivity index (χ1n) is 5.42. The number of aromatic nitrogens is 2. The van der Waals surface area contributed by atoms with Crippen molar-refractivity contribution in [3.05, 3.63) is 11.7 Å². The van der Waals surface area contributed by atoms with E-state index in [9.17, 15) is 0 Å². The van der Waals surface area contributed by atoms with Gasteiger partial charge < -0.3 is 15.2 Å². The molecule has 1 rings (SSSR count). The van der Waals surface area contributed by atoms with E-state index in [0.29, 0.717) is 24.3 Å². The average molecular weight is 225 g/mol.